The average molecular weight is 468 g/mol. The second kappa shape index (κ2) is 9.06. The number of benzene rings is 2. The van der Waals surface area contributed by atoms with Crippen LogP contribution in [0.5, 0.6) is 0 Å². The van der Waals surface area contributed by atoms with Gasteiger partial charge in [-0.05, 0) is 49.9 Å². The van der Waals surface area contributed by atoms with Crippen LogP contribution in [-0.4, -0.2) is 26.6 Å². The van der Waals surface area contributed by atoms with E-state index in [9.17, 15) is 14.4 Å². The summed E-state index contributed by atoms with van der Waals surface area (Å²) in [4.78, 5) is 40.2. The SMILES string of the molecule is Cc1ccc(-n2cc(C(=O)NC3CCCc4[nH]c(=O)c(C(N)=O)cc43)c(-c3ccccc3)n2)cc1. The monoisotopic (exact) mass is 467 g/mol. The molecule has 8 nitrogen and oxygen atoms in total. The zero-order valence-electron chi connectivity index (χ0n) is 19.2. The Bertz CT molecular complexity index is 1470. The second-order valence-electron chi connectivity index (χ2n) is 8.77. The molecule has 2 heterocycles. The van der Waals surface area contributed by atoms with Gasteiger partial charge in [0.05, 0.1) is 17.3 Å². The van der Waals surface area contributed by atoms with E-state index < -0.39 is 11.5 Å². The molecule has 0 radical (unpaired) electrons. The average Bonchev–Trinajstić information content (AvgIpc) is 3.30. The number of nitrogens with one attached hydrogen (secondary N) is 2. The van der Waals surface area contributed by atoms with Crippen LogP contribution in [0, 0.1) is 6.92 Å². The van der Waals surface area contributed by atoms with Crippen molar-refractivity contribution < 1.29 is 9.59 Å². The van der Waals surface area contributed by atoms with Crippen LogP contribution in [-0.2, 0) is 6.42 Å². The Kier molecular flexibility index (Phi) is 5.78. The number of primary amides is 1. The minimum atomic E-state index is -0.796. The number of aromatic nitrogens is 3. The summed E-state index contributed by atoms with van der Waals surface area (Å²) in [5, 5.41) is 7.83. The van der Waals surface area contributed by atoms with Gasteiger partial charge in [0.2, 0.25) is 0 Å². The van der Waals surface area contributed by atoms with Crippen LogP contribution in [0.3, 0.4) is 0 Å². The minimum Gasteiger partial charge on any atom is -0.365 e. The first-order chi connectivity index (χ1) is 16.9. The molecule has 2 amide bonds. The van der Waals surface area contributed by atoms with Crippen molar-refractivity contribution in [1.29, 1.82) is 0 Å². The van der Waals surface area contributed by atoms with E-state index in [4.69, 9.17) is 10.8 Å². The smallest absolute Gasteiger partial charge is 0.261 e. The molecule has 2 aromatic heterocycles. The number of hydrogen-bond donors (Lipinski definition) is 3. The van der Waals surface area contributed by atoms with Crippen molar-refractivity contribution in [3.05, 3.63) is 105 Å². The van der Waals surface area contributed by atoms with E-state index in [0.717, 1.165) is 28.9 Å². The van der Waals surface area contributed by atoms with Gasteiger partial charge in [0, 0.05) is 17.5 Å². The summed E-state index contributed by atoms with van der Waals surface area (Å²) in [7, 11) is 0. The summed E-state index contributed by atoms with van der Waals surface area (Å²) >= 11 is 0. The van der Waals surface area contributed by atoms with E-state index in [1.807, 2.05) is 61.5 Å². The van der Waals surface area contributed by atoms with Gasteiger partial charge in [-0.25, -0.2) is 4.68 Å². The Morgan fingerprint density at radius 2 is 1.83 bits per heavy atom. The maximum absolute atomic E-state index is 13.6. The first kappa shape index (κ1) is 22.3. The third-order valence-electron chi connectivity index (χ3n) is 6.33. The summed E-state index contributed by atoms with van der Waals surface area (Å²) in [6, 6.07) is 18.6. The quantitative estimate of drug-likeness (QED) is 0.416. The van der Waals surface area contributed by atoms with Gasteiger partial charge in [0.25, 0.3) is 17.4 Å². The fraction of sp³-hybridized carbons (Fsp3) is 0.185. The standard InChI is InChI=1S/C27H25N5O3/c1-16-10-12-18(13-11-16)32-15-21(24(31-32)17-6-3-2-4-7-17)27(35)30-23-9-5-8-22-19(23)14-20(25(28)33)26(34)29-22/h2-4,6-7,10-15,23H,5,8-9H2,1H3,(H2,28,33)(H,29,34)(H,30,35). The molecule has 1 atom stereocenters. The predicted octanol–water partition coefficient (Wildman–Crippen LogP) is 3.44. The Morgan fingerprint density at radius 3 is 2.54 bits per heavy atom. The van der Waals surface area contributed by atoms with Crippen LogP contribution in [0.4, 0.5) is 0 Å². The van der Waals surface area contributed by atoms with Crippen LogP contribution < -0.4 is 16.6 Å². The molecule has 35 heavy (non-hydrogen) atoms. The van der Waals surface area contributed by atoms with Gasteiger partial charge in [0.1, 0.15) is 11.3 Å². The van der Waals surface area contributed by atoms with Crippen molar-refractivity contribution in [3.8, 4) is 16.9 Å². The predicted molar refractivity (Wildman–Crippen MR) is 132 cm³/mol. The highest BCUT2D eigenvalue weighted by Crippen LogP contribution is 2.30. The van der Waals surface area contributed by atoms with Crippen molar-refractivity contribution in [2.24, 2.45) is 5.73 Å². The molecule has 2 aromatic carbocycles. The van der Waals surface area contributed by atoms with Crippen molar-refractivity contribution in [1.82, 2.24) is 20.1 Å². The molecule has 4 N–H and O–H groups in total. The summed E-state index contributed by atoms with van der Waals surface area (Å²) in [5.41, 5.74) is 10.0. The lowest BCUT2D eigenvalue weighted by molar-refractivity contribution is 0.0933. The van der Waals surface area contributed by atoms with E-state index in [1.54, 1.807) is 10.9 Å². The molecule has 8 heteroatoms. The van der Waals surface area contributed by atoms with Gasteiger partial charge in [-0.15, -0.1) is 0 Å². The van der Waals surface area contributed by atoms with Crippen LogP contribution in [0.15, 0.2) is 71.7 Å². The number of carbonyl (C=O) groups is 2. The van der Waals surface area contributed by atoms with Gasteiger partial charge in [-0.2, -0.15) is 5.10 Å². The number of H-pyrrole nitrogens is 1. The van der Waals surface area contributed by atoms with Crippen molar-refractivity contribution in [3.63, 3.8) is 0 Å². The Balaban J connectivity index is 1.53. The molecule has 0 fully saturated rings. The fourth-order valence-corrected chi connectivity index (χ4v) is 4.49. The molecule has 0 bridgehead atoms. The molecule has 0 saturated heterocycles. The lowest BCUT2D eigenvalue weighted by Gasteiger charge is -2.26. The van der Waals surface area contributed by atoms with Crippen LogP contribution in [0.1, 0.15) is 56.4 Å². The topological polar surface area (TPSA) is 123 Å². The number of aromatic amines is 1. The van der Waals surface area contributed by atoms with E-state index in [-0.39, 0.29) is 17.5 Å². The lowest BCUT2D eigenvalue weighted by atomic mass is 9.90. The van der Waals surface area contributed by atoms with Crippen LogP contribution in [0.25, 0.3) is 16.9 Å². The number of amides is 2. The van der Waals surface area contributed by atoms with Crippen molar-refractivity contribution in [2.75, 3.05) is 0 Å². The van der Waals surface area contributed by atoms with Gasteiger partial charge in [-0.3, -0.25) is 14.4 Å². The number of fused-ring (bicyclic) bond motifs is 1. The highest BCUT2D eigenvalue weighted by atomic mass is 16.2. The molecule has 0 saturated carbocycles. The molecule has 0 spiro atoms. The third kappa shape index (κ3) is 4.38. The summed E-state index contributed by atoms with van der Waals surface area (Å²) < 4.78 is 1.70. The Morgan fingerprint density at radius 1 is 1.09 bits per heavy atom. The molecular weight excluding hydrogens is 442 g/mol. The first-order valence-electron chi connectivity index (χ1n) is 11.5. The molecule has 1 unspecified atom stereocenters. The number of carbonyl (C=O) groups excluding carboxylic acids is 2. The molecule has 0 aliphatic heterocycles. The summed E-state index contributed by atoms with van der Waals surface area (Å²) in [5.74, 6) is -1.08. The highest BCUT2D eigenvalue weighted by Gasteiger charge is 2.27. The number of nitrogens with two attached hydrogens (primary N) is 1. The Hall–Kier alpha value is -4.46. The van der Waals surface area contributed by atoms with Gasteiger partial charge in [0.15, 0.2) is 0 Å². The zero-order valence-corrected chi connectivity index (χ0v) is 19.2. The highest BCUT2D eigenvalue weighted by molar-refractivity contribution is 6.00. The fourth-order valence-electron chi connectivity index (χ4n) is 4.49. The molecule has 5 rings (SSSR count). The minimum absolute atomic E-state index is 0.109. The second-order valence-corrected chi connectivity index (χ2v) is 8.77. The van der Waals surface area contributed by atoms with Gasteiger partial charge >= 0.3 is 0 Å². The molecular formula is C27H25N5O3. The number of rotatable bonds is 5. The Labute approximate surface area is 201 Å². The summed E-state index contributed by atoms with van der Waals surface area (Å²) in [6.45, 7) is 2.01. The van der Waals surface area contributed by atoms with Crippen LogP contribution >= 0.6 is 0 Å². The lowest BCUT2D eigenvalue weighted by Crippen LogP contribution is -2.34. The van der Waals surface area contributed by atoms with Gasteiger partial charge < -0.3 is 16.0 Å². The molecule has 4 aromatic rings. The molecule has 176 valence electrons. The normalized spacial score (nSPS) is 14.8. The van der Waals surface area contributed by atoms with E-state index >= 15 is 0 Å². The van der Waals surface area contributed by atoms with E-state index in [0.29, 0.717) is 29.7 Å². The number of aryl methyl sites for hydroxylation is 2. The zero-order chi connectivity index (χ0) is 24.5. The van der Waals surface area contributed by atoms with Crippen LogP contribution in [0.2, 0.25) is 0 Å². The number of hydrogen-bond acceptors (Lipinski definition) is 4. The maximum atomic E-state index is 13.6. The molecule has 1 aliphatic rings. The molecule has 1 aliphatic carbocycles. The van der Waals surface area contributed by atoms with Crippen molar-refractivity contribution in [2.45, 2.75) is 32.2 Å². The first-order valence-corrected chi connectivity index (χ1v) is 11.5. The number of nitrogens with zero attached hydrogens (tertiary/aromatic N) is 2. The summed E-state index contributed by atoms with van der Waals surface area (Å²) in [6.07, 6.45) is 3.86. The largest absolute Gasteiger partial charge is 0.365 e. The maximum Gasteiger partial charge on any atom is 0.261 e. The van der Waals surface area contributed by atoms with E-state index in [2.05, 4.69) is 10.3 Å². The number of pyridine rings is 1. The third-order valence-corrected chi connectivity index (χ3v) is 6.33. The van der Waals surface area contributed by atoms with E-state index in [1.165, 1.54) is 6.07 Å². The van der Waals surface area contributed by atoms with Crippen molar-refractivity contribution >= 4 is 11.8 Å². The van der Waals surface area contributed by atoms with Gasteiger partial charge in [-0.1, -0.05) is 48.0 Å².